The third-order valence-corrected chi connectivity index (χ3v) is 3.11. The molecule has 0 amide bonds. The highest BCUT2D eigenvalue weighted by Crippen LogP contribution is 2.35. The number of nitrogens with two attached hydrogens (primary N) is 1. The molecule has 0 bridgehead atoms. The van der Waals surface area contributed by atoms with Crippen LogP contribution in [0.2, 0.25) is 0 Å². The average Bonchev–Trinajstić information content (AvgIpc) is 3.08. The molecule has 1 aromatic rings. The minimum Gasteiger partial charge on any atom is -0.478 e. The molecule has 1 aliphatic rings. The van der Waals surface area contributed by atoms with E-state index in [9.17, 15) is 9.90 Å². The van der Waals surface area contributed by atoms with Crippen LogP contribution in [0.4, 0.5) is 11.4 Å². The van der Waals surface area contributed by atoms with E-state index >= 15 is 0 Å². The number of carboxylic acid groups (broad SMARTS) is 1. The maximum absolute atomic E-state index is 11.3. The van der Waals surface area contributed by atoms with Gasteiger partial charge in [-0.05, 0) is 37.0 Å². The normalized spacial score (nSPS) is 14.8. The second-order valence-corrected chi connectivity index (χ2v) is 5.36. The molecule has 0 heterocycles. The van der Waals surface area contributed by atoms with E-state index in [-0.39, 0.29) is 0 Å². The van der Waals surface area contributed by atoms with Crippen molar-refractivity contribution in [1.29, 1.82) is 0 Å². The molecule has 1 aromatic carbocycles. The van der Waals surface area contributed by atoms with Crippen LogP contribution in [-0.2, 0) is 0 Å². The fourth-order valence-corrected chi connectivity index (χ4v) is 2.19. The van der Waals surface area contributed by atoms with Crippen LogP contribution in [0.1, 0.15) is 37.0 Å². The summed E-state index contributed by atoms with van der Waals surface area (Å²) in [6.07, 6.45) is 2.28. The average molecular weight is 248 g/mol. The van der Waals surface area contributed by atoms with Crippen LogP contribution in [0.3, 0.4) is 0 Å². The molecule has 0 aromatic heterocycles. The zero-order chi connectivity index (χ0) is 13.3. The quantitative estimate of drug-likeness (QED) is 0.786. The molecule has 0 spiro atoms. The van der Waals surface area contributed by atoms with Gasteiger partial charge in [0.15, 0.2) is 0 Å². The highest BCUT2D eigenvalue weighted by Gasteiger charge is 2.31. The van der Waals surface area contributed by atoms with Crippen molar-refractivity contribution < 1.29 is 9.90 Å². The smallest absolute Gasteiger partial charge is 0.337 e. The minimum atomic E-state index is -0.889. The van der Waals surface area contributed by atoms with Gasteiger partial charge >= 0.3 is 5.97 Å². The van der Waals surface area contributed by atoms with Crippen molar-refractivity contribution in [2.45, 2.75) is 32.7 Å². The van der Waals surface area contributed by atoms with Crippen LogP contribution >= 0.6 is 0 Å². The molecule has 2 rings (SSSR count). The first-order chi connectivity index (χ1) is 8.49. The number of aromatic carboxylic acids is 1. The zero-order valence-corrected chi connectivity index (χ0v) is 10.9. The Kier molecular flexibility index (Phi) is 3.45. The van der Waals surface area contributed by atoms with Crippen molar-refractivity contribution >= 4 is 17.3 Å². The van der Waals surface area contributed by atoms with Gasteiger partial charge in [-0.25, -0.2) is 4.79 Å². The highest BCUT2D eigenvalue weighted by molar-refractivity contribution is 5.95. The number of nitrogens with zero attached hydrogens (tertiary/aromatic N) is 1. The molecule has 1 fully saturated rings. The Hall–Kier alpha value is -1.71. The van der Waals surface area contributed by atoms with E-state index in [1.54, 1.807) is 18.2 Å². The molecular formula is C14H20N2O2. The number of hydrogen-bond donors (Lipinski definition) is 2. The maximum Gasteiger partial charge on any atom is 0.337 e. The third kappa shape index (κ3) is 2.75. The van der Waals surface area contributed by atoms with Crippen molar-refractivity contribution in [3.05, 3.63) is 23.8 Å². The molecule has 0 saturated heterocycles. The summed E-state index contributed by atoms with van der Waals surface area (Å²) >= 11 is 0. The van der Waals surface area contributed by atoms with Gasteiger partial charge in [-0.15, -0.1) is 0 Å². The topological polar surface area (TPSA) is 66.6 Å². The van der Waals surface area contributed by atoms with E-state index in [4.69, 9.17) is 5.73 Å². The second-order valence-electron chi connectivity index (χ2n) is 5.36. The summed E-state index contributed by atoms with van der Waals surface area (Å²) in [4.78, 5) is 13.5. The summed E-state index contributed by atoms with van der Waals surface area (Å²) < 4.78 is 0. The van der Waals surface area contributed by atoms with Crippen molar-refractivity contribution in [1.82, 2.24) is 0 Å². The Morgan fingerprint density at radius 3 is 2.67 bits per heavy atom. The largest absolute Gasteiger partial charge is 0.478 e. The molecular weight excluding hydrogens is 228 g/mol. The number of rotatable bonds is 5. The summed E-state index contributed by atoms with van der Waals surface area (Å²) in [6, 6.07) is 5.51. The molecule has 4 heteroatoms. The van der Waals surface area contributed by atoms with Gasteiger partial charge in [-0.2, -0.15) is 0 Å². The summed E-state index contributed by atoms with van der Waals surface area (Å²) in [5.41, 5.74) is 7.52. The number of anilines is 2. The Balaban J connectivity index is 2.38. The molecule has 98 valence electrons. The molecule has 4 nitrogen and oxygen atoms in total. The maximum atomic E-state index is 11.3. The van der Waals surface area contributed by atoms with E-state index in [2.05, 4.69) is 18.7 Å². The monoisotopic (exact) mass is 248 g/mol. The van der Waals surface area contributed by atoms with E-state index in [0.717, 1.165) is 25.1 Å². The van der Waals surface area contributed by atoms with Gasteiger partial charge < -0.3 is 15.7 Å². The van der Waals surface area contributed by atoms with Crippen molar-refractivity contribution in [2.24, 2.45) is 5.92 Å². The number of carboxylic acids is 1. The van der Waals surface area contributed by atoms with Gasteiger partial charge in [0.1, 0.15) is 0 Å². The van der Waals surface area contributed by atoms with E-state index in [0.29, 0.717) is 23.2 Å². The van der Waals surface area contributed by atoms with Gasteiger partial charge in [-0.1, -0.05) is 13.8 Å². The number of nitrogen functional groups attached to an aromatic ring is 1. The fraction of sp³-hybridized carbons (Fsp3) is 0.500. The Labute approximate surface area is 107 Å². The van der Waals surface area contributed by atoms with Gasteiger partial charge in [0.2, 0.25) is 0 Å². The van der Waals surface area contributed by atoms with Gasteiger partial charge in [0, 0.05) is 18.3 Å². The van der Waals surface area contributed by atoms with Crippen LogP contribution in [-0.4, -0.2) is 23.7 Å². The van der Waals surface area contributed by atoms with Crippen molar-refractivity contribution in [3.8, 4) is 0 Å². The number of hydrogen-bond acceptors (Lipinski definition) is 3. The molecule has 3 N–H and O–H groups in total. The number of benzene rings is 1. The lowest BCUT2D eigenvalue weighted by molar-refractivity contribution is 0.0697. The molecule has 0 atom stereocenters. The molecule has 0 aliphatic heterocycles. The van der Waals surface area contributed by atoms with Crippen LogP contribution in [0.25, 0.3) is 0 Å². The first kappa shape index (κ1) is 12.7. The predicted octanol–water partition coefficient (Wildman–Crippen LogP) is 2.59. The lowest BCUT2D eigenvalue weighted by Crippen LogP contribution is -2.31. The molecule has 1 saturated carbocycles. The third-order valence-electron chi connectivity index (χ3n) is 3.11. The summed E-state index contributed by atoms with van der Waals surface area (Å²) in [5, 5.41) is 9.27. The SMILES string of the molecule is CC(C)CN(c1cc(N)ccc1C(=O)O)C1CC1. The molecule has 0 radical (unpaired) electrons. The van der Waals surface area contributed by atoms with Crippen LogP contribution in [0, 0.1) is 5.92 Å². The number of carbonyl (C=O) groups is 1. The lowest BCUT2D eigenvalue weighted by Gasteiger charge is -2.28. The van der Waals surface area contributed by atoms with Crippen LogP contribution in [0.5, 0.6) is 0 Å². The van der Waals surface area contributed by atoms with Crippen LogP contribution < -0.4 is 10.6 Å². The molecule has 1 aliphatic carbocycles. The molecule has 18 heavy (non-hydrogen) atoms. The van der Waals surface area contributed by atoms with E-state index < -0.39 is 5.97 Å². The van der Waals surface area contributed by atoms with E-state index in [1.165, 1.54) is 0 Å². The Morgan fingerprint density at radius 2 is 2.17 bits per heavy atom. The highest BCUT2D eigenvalue weighted by atomic mass is 16.4. The van der Waals surface area contributed by atoms with Crippen molar-refractivity contribution in [2.75, 3.05) is 17.2 Å². The second kappa shape index (κ2) is 4.88. The summed E-state index contributed by atoms with van der Waals surface area (Å²) in [6.45, 7) is 5.15. The van der Waals surface area contributed by atoms with Gasteiger partial charge in [0.05, 0.1) is 11.3 Å². The molecule has 0 unspecified atom stereocenters. The van der Waals surface area contributed by atoms with E-state index in [1.807, 2.05) is 0 Å². The van der Waals surface area contributed by atoms with Crippen molar-refractivity contribution in [3.63, 3.8) is 0 Å². The summed E-state index contributed by atoms with van der Waals surface area (Å²) in [5.74, 6) is -0.395. The summed E-state index contributed by atoms with van der Waals surface area (Å²) in [7, 11) is 0. The Morgan fingerprint density at radius 1 is 1.50 bits per heavy atom. The standard InChI is InChI=1S/C14H20N2O2/c1-9(2)8-16(11-4-5-11)13-7-10(15)3-6-12(13)14(17)18/h3,6-7,9,11H,4-5,8,15H2,1-2H3,(H,17,18). The zero-order valence-electron chi connectivity index (χ0n) is 10.9. The van der Waals surface area contributed by atoms with Gasteiger partial charge in [-0.3, -0.25) is 0 Å². The van der Waals surface area contributed by atoms with Gasteiger partial charge in [0.25, 0.3) is 0 Å². The lowest BCUT2D eigenvalue weighted by atomic mass is 10.1. The minimum absolute atomic E-state index is 0.344. The Bertz CT molecular complexity index is 453. The first-order valence-electron chi connectivity index (χ1n) is 6.38. The predicted molar refractivity (Wildman–Crippen MR) is 73.0 cm³/mol. The fourth-order valence-electron chi connectivity index (χ4n) is 2.19. The first-order valence-corrected chi connectivity index (χ1v) is 6.38. The van der Waals surface area contributed by atoms with Crippen LogP contribution in [0.15, 0.2) is 18.2 Å².